The molecule has 1 saturated heterocycles. The summed E-state index contributed by atoms with van der Waals surface area (Å²) in [4.78, 5) is 12.3. The molecule has 3 nitrogen and oxygen atoms in total. The molecule has 0 saturated carbocycles. The molecule has 4 heteroatoms. The summed E-state index contributed by atoms with van der Waals surface area (Å²) in [5, 5.41) is 6.32. The fourth-order valence-electron chi connectivity index (χ4n) is 2.34. The molecular formula is C14H19BrN2O. The largest absolute Gasteiger partial charge is 0.324 e. The van der Waals surface area contributed by atoms with Gasteiger partial charge in [0, 0.05) is 10.2 Å². The van der Waals surface area contributed by atoms with Crippen LogP contribution in [0.2, 0.25) is 0 Å². The van der Waals surface area contributed by atoms with E-state index in [1.807, 2.05) is 25.1 Å². The molecule has 1 heterocycles. The summed E-state index contributed by atoms with van der Waals surface area (Å²) in [5.41, 5.74) is 1.96. The summed E-state index contributed by atoms with van der Waals surface area (Å²) in [5.74, 6) is 0.467. The molecule has 0 bridgehead atoms. The Bertz CT molecular complexity index is 447. The quantitative estimate of drug-likeness (QED) is 0.881. The van der Waals surface area contributed by atoms with Gasteiger partial charge in [-0.25, -0.2) is 0 Å². The molecule has 1 aliphatic rings. The van der Waals surface area contributed by atoms with Crippen molar-refractivity contribution >= 4 is 27.5 Å². The maximum atomic E-state index is 12.3. The molecule has 0 aliphatic carbocycles. The molecule has 1 amide bonds. The summed E-state index contributed by atoms with van der Waals surface area (Å²) < 4.78 is 0.980. The zero-order chi connectivity index (χ0) is 13.1. The molecule has 2 unspecified atom stereocenters. The van der Waals surface area contributed by atoms with Crippen molar-refractivity contribution in [3.8, 4) is 0 Å². The third kappa shape index (κ3) is 3.12. The highest BCUT2D eigenvalue weighted by Gasteiger charge is 2.27. The van der Waals surface area contributed by atoms with Crippen molar-refractivity contribution in [3.05, 3.63) is 28.2 Å². The van der Waals surface area contributed by atoms with Crippen LogP contribution in [0.1, 0.15) is 25.3 Å². The lowest BCUT2D eigenvalue weighted by molar-refractivity contribution is -0.119. The first-order chi connectivity index (χ1) is 8.58. The van der Waals surface area contributed by atoms with Gasteiger partial charge in [0.2, 0.25) is 5.91 Å². The summed E-state index contributed by atoms with van der Waals surface area (Å²) in [6, 6.07) is 5.85. The van der Waals surface area contributed by atoms with E-state index < -0.39 is 0 Å². The van der Waals surface area contributed by atoms with Crippen molar-refractivity contribution in [2.45, 2.75) is 32.7 Å². The van der Waals surface area contributed by atoms with Crippen molar-refractivity contribution in [1.82, 2.24) is 5.32 Å². The van der Waals surface area contributed by atoms with Gasteiger partial charge in [-0.3, -0.25) is 4.79 Å². The number of halogens is 1. The maximum Gasteiger partial charge on any atom is 0.241 e. The van der Waals surface area contributed by atoms with Crippen molar-refractivity contribution in [3.63, 3.8) is 0 Å². The predicted octanol–water partition coefficient (Wildman–Crippen LogP) is 3.08. The Kier molecular flexibility index (Phi) is 4.40. The number of anilines is 1. The molecule has 2 N–H and O–H groups in total. The molecule has 0 radical (unpaired) electrons. The number of rotatable bonds is 2. The highest BCUT2D eigenvalue weighted by Crippen LogP contribution is 2.22. The van der Waals surface area contributed by atoms with E-state index in [1.165, 1.54) is 0 Å². The number of nitrogens with one attached hydrogen (secondary N) is 2. The normalized spacial score (nSPS) is 23.7. The number of benzene rings is 1. The molecular weight excluding hydrogens is 292 g/mol. The first-order valence-corrected chi connectivity index (χ1v) is 7.17. The standard InChI is InChI=1S/C14H19BrN2O/c1-9-5-6-11(15)8-12(9)17-14(18)13-10(2)4-3-7-16-13/h5-6,8,10,13,16H,3-4,7H2,1-2H3,(H,17,18). The second-order valence-corrected chi connectivity index (χ2v) is 5.92. The van der Waals surface area contributed by atoms with Crippen LogP contribution in [0.3, 0.4) is 0 Å². The summed E-state index contributed by atoms with van der Waals surface area (Å²) >= 11 is 3.43. The molecule has 2 atom stereocenters. The third-order valence-electron chi connectivity index (χ3n) is 3.51. The van der Waals surface area contributed by atoms with E-state index in [0.717, 1.165) is 35.1 Å². The first-order valence-electron chi connectivity index (χ1n) is 6.38. The molecule has 0 spiro atoms. The molecule has 0 aromatic heterocycles. The van der Waals surface area contributed by atoms with E-state index in [0.29, 0.717) is 5.92 Å². The van der Waals surface area contributed by atoms with Crippen LogP contribution in [0.4, 0.5) is 5.69 Å². The fourth-order valence-corrected chi connectivity index (χ4v) is 2.70. The van der Waals surface area contributed by atoms with Crippen LogP contribution in [0.5, 0.6) is 0 Å². The van der Waals surface area contributed by atoms with Gasteiger partial charge < -0.3 is 10.6 Å². The lowest BCUT2D eigenvalue weighted by atomic mass is 9.92. The van der Waals surface area contributed by atoms with E-state index in [1.54, 1.807) is 0 Å². The highest BCUT2D eigenvalue weighted by molar-refractivity contribution is 9.10. The Morgan fingerprint density at radius 1 is 1.50 bits per heavy atom. The minimum Gasteiger partial charge on any atom is -0.324 e. The Labute approximate surface area is 116 Å². The van der Waals surface area contributed by atoms with E-state index >= 15 is 0 Å². The van der Waals surface area contributed by atoms with Crippen LogP contribution < -0.4 is 10.6 Å². The highest BCUT2D eigenvalue weighted by atomic mass is 79.9. The molecule has 2 rings (SSSR count). The second kappa shape index (κ2) is 5.85. The molecule has 1 aliphatic heterocycles. The first kappa shape index (κ1) is 13.6. The Morgan fingerprint density at radius 2 is 2.28 bits per heavy atom. The summed E-state index contributed by atoms with van der Waals surface area (Å²) in [7, 11) is 0. The number of hydrogen-bond donors (Lipinski definition) is 2. The van der Waals surface area contributed by atoms with E-state index in [2.05, 4.69) is 33.5 Å². The van der Waals surface area contributed by atoms with Gasteiger partial charge in [0.05, 0.1) is 6.04 Å². The number of amides is 1. The average Bonchev–Trinajstić information content (AvgIpc) is 2.34. The SMILES string of the molecule is Cc1ccc(Br)cc1NC(=O)C1NCCCC1C. The van der Waals surface area contributed by atoms with Crippen LogP contribution in [-0.4, -0.2) is 18.5 Å². The zero-order valence-corrected chi connectivity index (χ0v) is 12.4. The topological polar surface area (TPSA) is 41.1 Å². The van der Waals surface area contributed by atoms with Crippen LogP contribution in [0.25, 0.3) is 0 Å². The minimum atomic E-state index is -0.0721. The van der Waals surface area contributed by atoms with Gasteiger partial charge >= 0.3 is 0 Å². The molecule has 98 valence electrons. The maximum absolute atomic E-state index is 12.3. The van der Waals surface area contributed by atoms with Gasteiger partial charge in [-0.15, -0.1) is 0 Å². The zero-order valence-electron chi connectivity index (χ0n) is 10.8. The monoisotopic (exact) mass is 310 g/mol. The van der Waals surface area contributed by atoms with Gasteiger partial charge in [-0.1, -0.05) is 28.9 Å². The second-order valence-electron chi connectivity index (χ2n) is 5.00. The number of aryl methyl sites for hydroxylation is 1. The van der Waals surface area contributed by atoms with Gasteiger partial charge in [-0.2, -0.15) is 0 Å². The van der Waals surface area contributed by atoms with Gasteiger partial charge in [0.25, 0.3) is 0 Å². The Balaban J connectivity index is 2.08. The van der Waals surface area contributed by atoms with Crippen LogP contribution in [0, 0.1) is 12.8 Å². The minimum absolute atomic E-state index is 0.0721. The average molecular weight is 311 g/mol. The van der Waals surface area contributed by atoms with Crippen LogP contribution >= 0.6 is 15.9 Å². The predicted molar refractivity (Wildman–Crippen MR) is 77.7 cm³/mol. The molecule has 1 fully saturated rings. The van der Waals surface area contributed by atoms with E-state index in [9.17, 15) is 4.79 Å². The smallest absolute Gasteiger partial charge is 0.241 e. The van der Waals surface area contributed by atoms with E-state index in [4.69, 9.17) is 0 Å². The fraction of sp³-hybridized carbons (Fsp3) is 0.500. The number of hydrogen-bond acceptors (Lipinski definition) is 2. The molecule has 18 heavy (non-hydrogen) atoms. The van der Waals surface area contributed by atoms with Gasteiger partial charge in [-0.05, 0) is 49.9 Å². The molecule has 1 aromatic rings. The Hall–Kier alpha value is -0.870. The van der Waals surface area contributed by atoms with Crippen molar-refractivity contribution in [2.24, 2.45) is 5.92 Å². The number of piperidine rings is 1. The number of carbonyl (C=O) groups excluding carboxylic acids is 1. The lowest BCUT2D eigenvalue weighted by Gasteiger charge is -2.29. The van der Waals surface area contributed by atoms with Crippen molar-refractivity contribution in [1.29, 1.82) is 0 Å². The molecule has 1 aromatic carbocycles. The number of carbonyl (C=O) groups is 1. The van der Waals surface area contributed by atoms with Crippen molar-refractivity contribution < 1.29 is 4.79 Å². The Morgan fingerprint density at radius 3 is 3.00 bits per heavy atom. The van der Waals surface area contributed by atoms with E-state index in [-0.39, 0.29) is 11.9 Å². The van der Waals surface area contributed by atoms with Gasteiger partial charge in [0.1, 0.15) is 0 Å². The summed E-state index contributed by atoms with van der Waals surface area (Å²) in [6.45, 7) is 5.06. The lowest BCUT2D eigenvalue weighted by Crippen LogP contribution is -2.48. The van der Waals surface area contributed by atoms with Crippen LogP contribution in [0.15, 0.2) is 22.7 Å². The summed E-state index contributed by atoms with van der Waals surface area (Å²) in [6.07, 6.45) is 2.27. The van der Waals surface area contributed by atoms with Gasteiger partial charge in [0.15, 0.2) is 0 Å². The van der Waals surface area contributed by atoms with Crippen LogP contribution in [-0.2, 0) is 4.79 Å². The third-order valence-corrected chi connectivity index (χ3v) is 4.00. The van der Waals surface area contributed by atoms with Crippen molar-refractivity contribution in [2.75, 3.05) is 11.9 Å².